The fraction of sp³-hybridized carbons (Fsp3) is 0.818. The second-order valence-corrected chi connectivity index (χ2v) is 4.87. The van der Waals surface area contributed by atoms with Gasteiger partial charge in [-0.1, -0.05) is 0 Å². The lowest BCUT2D eigenvalue weighted by Gasteiger charge is -2.37. The van der Waals surface area contributed by atoms with E-state index in [1.807, 2.05) is 6.33 Å². The smallest absolute Gasteiger partial charge is 0.147 e. The van der Waals surface area contributed by atoms with Gasteiger partial charge in [-0.3, -0.25) is 4.90 Å². The van der Waals surface area contributed by atoms with Gasteiger partial charge in [0.05, 0.1) is 12.6 Å². The van der Waals surface area contributed by atoms with E-state index < -0.39 is 0 Å². The summed E-state index contributed by atoms with van der Waals surface area (Å²) < 4.78 is 2.13. The minimum atomic E-state index is -0.0651. The predicted octanol–water partition coefficient (Wildman–Crippen LogP) is 0.397. The normalized spacial score (nSPS) is 31.3. The Balaban J connectivity index is 1.65. The van der Waals surface area contributed by atoms with Crippen LogP contribution < -0.4 is 0 Å². The van der Waals surface area contributed by atoms with Crippen molar-refractivity contribution >= 4 is 0 Å². The number of aromatic nitrogens is 3. The van der Waals surface area contributed by atoms with Crippen molar-refractivity contribution < 1.29 is 5.11 Å². The third-order valence-corrected chi connectivity index (χ3v) is 3.85. The van der Waals surface area contributed by atoms with Crippen LogP contribution in [0.1, 0.15) is 31.5 Å². The molecule has 2 heterocycles. The van der Waals surface area contributed by atoms with Gasteiger partial charge in [0.2, 0.25) is 0 Å². The zero-order chi connectivity index (χ0) is 11.0. The largest absolute Gasteiger partial charge is 0.393 e. The van der Waals surface area contributed by atoms with Crippen LogP contribution in [0.4, 0.5) is 0 Å². The molecule has 1 saturated carbocycles. The Morgan fingerprint density at radius 1 is 1.19 bits per heavy atom. The molecule has 1 fully saturated rings. The summed E-state index contributed by atoms with van der Waals surface area (Å²) in [7, 11) is 0. The molecule has 5 nitrogen and oxygen atoms in total. The highest BCUT2D eigenvalue weighted by Crippen LogP contribution is 2.25. The predicted molar refractivity (Wildman–Crippen MR) is 58.7 cm³/mol. The number of aliphatic hydroxyl groups excluding tert-OH is 1. The first-order valence-electron chi connectivity index (χ1n) is 6.12. The number of fused-ring (bicyclic) bond motifs is 1. The third-order valence-electron chi connectivity index (χ3n) is 3.85. The van der Waals surface area contributed by atoms with Gasteiger partial charge in [-0.05, 0) is 25.7 Å². The molecular formula is C11H18N4O. The van der Waals surface area contributed by atoms with Gasteiger partial charge in [-0.25, -0.2) is 0 Å². The van der Waals surface area contributed by atoms with Crippen LogP contribution >= 0.6 is 0 Å². The molecule has 0 spiro atoms. The number of aliphatic hydroxyl groups is 1. The van der Waals surface area contributed by atoms with Crippen molar-refractivity contribution in [2.24, 2.45) is 0 Å². The Bertz CT molecular complexity index is 357. The maximum atomic E-state index is 9.51. The molecule has 3 rings (SSSR count). The van der Waals surface area contributed by atoms with E-state index in [1.165, 1.54) is 0 Å². The van der Waals surface area contributed by atoms with Crippen LogP contribution in [0.5, 0.6) is 0 Å². The van der Waals surface area contributed by atoms with Crippen LogP contribution in [-0.2, 0) is 13.1 Å². The van der Waals surface area contributed by atoms with Crippen molar-refractivity contribution in [3.05, 3.63) is 12.2 Å². The molecule has 88 valence electrons. The van der Waals surface area contributed by atoms with Crippen molar-refractivity contribution in [1.29, 1.82) is 0 Å². The molecule has 1 aliphatic heterocycles. The first-order chi connectivity index (χ1) is 7.83. The van der Waals surface area contributed by atoms with Gasteiger partial charge < -0.3 is 9.67 Å². The van der Waals surface area contributed by atoms with Gasteiger partial charge in [0.25, 0.3) is 0 Å². The number of hydrogen-bond acceptors (Lipinski definition) is 4. The third kappa shape index (κ3) is 1.85. The Morgan fingerprint density at radius 2 is 2.00 bits per heavy atom. The molecule has 0 saturated heterocycles. The van der Waals surface area contributed by atoms with Gasteiger partial charge >= 0.3 is 0 Å². The summed E-state index contributed by atoms with van der Waals surface area (Å²) in [6.07, 6.45) is 5.90. The van der Waals surface area contributed by atoms with Gasteiger partial charge in [0.15, 0.2) is 0 Å². The fourth-order valence-electron chi connectivity index (χ4n) is 2.82. The van der Waals surface area contributed by atoms with E-state index >= 15 is 0 Å². The zero-order valence-corrected chi connectivity index (χ0v) is 9.42. The van der Waals surface area contributed by atoms with Crippen LogP contribution in [0.25, 0.3) is 0 Å². The molecule has 0 amide bonds. The Morgan fingerprint density at radius 3 is 2.81 bits per heavy atom. The molecule has 5 heteroatoms. The summed E-state index contributed by atoms with van der Waals surface area (Å²) in [5.74, 6) is 1.08. The quantitative estimate of drug-likeness (QED) is 0.747. The first-order valence-corrected chi connectivity index (χ1v) is 6.12. The lowest BCUT2D eigenvalue weighted by Crippen LogP contribution is -2.43. The number of rotatable bonds is 1. The monoisotopic (exact) mass is 222 g/mol. The van der Waals surface area contributed by atoms with Crippen molar-refractivity contribution in [2.45, 2.75) is 50.9 Å². The minimum Gasteiger partial charge on any atom is -0.393 e. The highest BCUT2D eigenvalue weighted by atomic mass is 16.3. The molecule has 1 aromatic heterocycles. The second kappa shape index (κ2) is 4.14. The van der Waals surface area contributed by atoms with Crippen molar-refractivity contribution in [2.75, 3.05) is 6.54 Å². The number of nitrogens with zero attached hydrogens (tertiary/aromatic N) is 4. The highest BCUT2D eigenvalue weighted by Gasteiger charge is 2.27. The van der Waals surface area contributed by atoms with Crippen LogP contribution in [0.2, 0.25) is 0 Å². The van der Waals surface area contributed by atoms with E-state index in [2.05, 4.69) is 19.7 Å². The van der Waals surface area contributed by atoms with Gasteiger partial charge in [-0.15, -0.1) is 10.2 Å². The average Bonchev–Trinajstić information content (AvgIpc) is 2.77. The molecular weight excluding hydrogens is 204 g/mol. The Labute approximate surface area is 95.1 Å². The summed E-state index contributed by atoms with van der Waals surface area (Å²) in [6.45, 7) is 3.01. The lowest BCUT2D eigenvalue weighted by molar-refractivity contribution is 0.0604. The highest BCUT2D eigenvalue weighted by molar-refractivity contribution is 4.92. The average molecular weight is 222 g/mol. The Hall–Kier alpha value is -0.940. The second-order valence-electron chi connectivity index (χ2n) is 4.87. The maximum Gasteiger partial charge on any atom is 0.147 e. The van der Waals surface area contributed by atoms with Gasteiger partial charge in [0, 0.05) is 19.1 Å². The van der Waals surface area contributed by atoms with E-state index in [1.54, 1.807) is 0 Å². The van der Waals surface area contributed by atoms with Crippen molar-refractivity contribution in [3.63, 3.8) is 0 Å². The fourth-order valence-corrected chi connectivity index (χ4v) is 2.82. The van der Waals surface area contributed by atoms with E-state index in [0.29, 0.717) is 6.04 Å². The van der Waals surface area contributed by atoms with Crippen LogP contribution in [0.3, 0.4) is 0 Å². The zero-order valence-electron chi connectivity index (χ0n) is 9.42. The number of hydrogen-bond donors (Lipinski definition) is 1. The summed E-state index contributed by atoms with van der Waals surface area (Å²) in [6, 6.07) is 0.633. The summed E-state index contributed by atoms with van der Waals surface area (Å²) in [5.41, 5.74) is 0. The summed E-state index contributed by atoms with van der Waals surface area (Å²) in [5, 5.41) is 17.6. The molecule has 2 aliphatic rings. The van der Waals surface area contributed by atoms with Gasteiger partial charge in [0.1, 0.15) is 12.2 Å². The van der Waals surface area contributed by atoms with Crippen molar-refractivity contribution in [1.82, 2.24) is 19.7 Å². The minimum absolute atomic E-state index is 0.0651. The molecule has 0 unspecified atom stereocenters. The van der Waals surface area contributed by atoms with Crippen molar-refractivity contribution in [3.8, 4) is 0 Å². The topological polar surface area (TPSA) is 54.2 Å². The molecule has 1 aliphatic carbocycles. The summed E-state index contributed by atoms with van der Waals surface area (Å²) in [4.78, 5) is 2.50. The van der Waals surface area contributed by atoms with Crippen LogP contribution in [-0.4, -0.2) is 43.5 Å². The van der Waals surface area contributed by atoms with Gasteiger partial charge in [-0.2, -0.15) is 0 Å². The molecule has 16 heavy (non-hydrogen) atoms. The molecule has 0 atom stereocenters. The molecule has 0 aromatic carbocycles. The molecule has 1 N–H and O–H groups in total. The van der Waals surface area contributed by atoms with Crippen LogP contribution in [0.15, 0.2) is 6.33 Å². The Kier molecular flexibility index (Phi) is 2.65. The standard InChI is InChI=1S/C11H18N4O/c16-10-3-1-9(2-4-10)14-5-6-15-8-12-13-11(15)7-14/h8-10,16H,1-7H2. The van der Waals surface area contributed by atoms with Crippen LogP contribution in [0, 0.1) is 0 Å². The maximum absolute atomic E-state index is 9.51. The summed E-state index contributed by atoms with van der Waals surface area (Å²) >= 11 is 0. The van der Waals surface area contributed by atoms with E-state index in [-0.39, 0.29) is 6.10 Å². The SMILES string of the molecule is OC1CCC(N2CCn3cnnc3C2)CC1. The van der Waals surface area contributed by atoms with E-state index in [9.17, 15) is 5.11 Å². The molecule has 1 aromatic rings. The van der Waals surface area contributed by atoms with E-state index in [4.69, 9.17) is 0 Å². The van der Waals surface area contributed by atoms with E-state index in [0.717, 1.165) is 51.1 Å². The lowest BCUT2D eigenvalue weighted by atomic mass is 9.92. The molecule has 0 radical (unpaired) electrons. The molecule has 0 bridgehead atoms. The first kappa shape index (κ1) is 10.2.